The van der Waals surface area contributed by atoms with Gasteiger partial charge in [-0.2, -0.15) is 0 Å². The van der Waals surface area contributed by atoms with E-state index in [0.717, 1.165) is 25.3 Å². The summed E-state index contributed by atoms with van der Waals surface area (Å²) in [6, 6.07) is 6.70. The molecular formula is C15H26N2O. The zero-order chi connectivity index (χ0) is 13.5. The minimum Gasteiger partial charge on any atom is -0.497 e. The van der Waals surface area contributed by atoms with Crippen LogP contribution in [-0.2, 0) is 0 Å². The van der Waals surface area contributed by atoms with Crippen LogP contribution in [0.4, 0.5) is 0 Å². The number of nitrogens with one attached hydrogen (secondary N) is 1. The molecule has 1 atom stereocenters. The summed E-state index contributed by atoms with van der Waals surface area (Å²) in [4.78, 5) is 2.22. The van der Waals surface area contributed by atoms with E-state index in [9.17, 15) is 0 Å². The van der Waals surface area contributed by atoms with Gasteiger partial charge in [-0.05, 0) is 57.2 Å². The van der Waals surface area contributed by atoms with Crippen LogP contribution in [0.25, 0.3) is 0 Å². The Balaban J connectivity index is 2.89. The minimum atomic E-state index is 0.380. The van der Waals surface area contributed by atoms with Gasteiger partial charge < -0.3 is 15.0 Å². The second-order valence-electron chi connectivity index (χ2n) is 4.99. The fourth-order valence-corrected chi connectivity index (χ4v) is 2.12. The molecule has 18 heavy (non-hydrogen) atoms. The molecule has 1 rings (SSSR count). The summed E-state index contributed by atoms with van der Waals surface area (Å²) in [6.07, 6.45) is 1.15. The predicted octanol–water partition coefficient (Wildman–Crippen LogP) is 2.61. The molecule has 0 aliphatic heterocycles. The van der Waals surface area contributed by atoms with Crippen molar-refractivity contribution in [3.63, 3.8) is 0 Å². The van der Waals surface area contributed by atoms with E-state index >= 15 is 0 Å². The van der Waals surface area contributed by atoms with E-state index in [1.165, 1.54) is 11.1 Å². The van der Waals surface area contributed by atoms with Crippen LogP contribution in [0.15, 0.2) is 18.2 Å². The Bertz CT molecular complexity index is 364. The fourth-order valence-electron chi connectivity index (χ4n) is 2.12. The number of likely N-dealkylation sites (N-methyl/N-ethyl adjacent to an activating group) is 1. The quantitative estimate of drug-likeness (QED) is 0.805. The molecule has 1 aromatic rings. The van der Waals surface area contributed by atoms with Crippen LogP contribution in [0.2, 0.25) is 0 Å². The molecule has 0 aromatic heterocycles. The lowest BCUT2D eigenvalue weighted by molar-refractivity contribution is 0.341. The van der Waals surface area contributed by atoms with E-state index in [-0.39, 0.29) is 0 Å². The Labute approximate surface area is 111 Å². The molecule has 0 fully saturated rings. The Morgan fingerprint density at radius 1 is 1.33 bits per heavy atom. The van der Waals surface area contributed by atoms with Crippen molar-refractivity contribution < 1.29 is 4.74 Å². The predicted molar refractivity (Wildman–Crippen MR) is 77.3 cm³/mol. The number of nitrogens with zero attached hydrogens (tertiary/aromatic N) is 1. The van der Waals surface area contributed by atoms with Crippen molar-refractivity contribution in [3.8, 4) is 5.75 Å². The lowest BCUT2D eigenvalue weighted by atomic mass is 10.0. The first-order valence-corrected chi connectivity index (χ1v) is 6.61. The molecule has 0 aliphatic carbocycles. The second kappa shape index (κ2) is 7.39. The lowest BCUT2D eigenvalue weighted by Gasteiger charge is -2.24. The number of benzene rings is 1. The summed E-state index contributed by atoms with van der Waals surface area (Å²) in [7, 11) is 5.93. The van der Waals surface area contributed by atoms with E-state index < -0.39 is 0 Å². The van der Waals surface area contributed by atoms with Crippen LogP contribution in [-0.4, -0.2) is 39.2 Å². The molecule has 0 aliphatic rings. The first-order chi connectivity index (χ1) is 8.58. The first-order valence-electron chi connectivity index (χ1n) is 6.61. The van der Waals surface area contributed by atoms with Crippen LogP contribution >= 0.6 is 0 Å². The second-order valence-corrected chi connectivity index (χ2v) is 4.99. The molecule has 3 nitrogen and oxygen atoms in total. The van der Waals surface area contributed by atoms with Gasteiger partial charge in [0, 0.05) is 12.6 Å². The molecule has 0 heterocycles. The molecule has 0 saturated carbocycles. The Morgan fingerprint density at radius 2 is 2.06 bits per heavy atom. The van der Waals surface area contributed by atoms with Crippen molar-refractivity contribution >= 4 is 0 Å². The van der Waals surface area contributed by atoms with E-state index in [0.29, 0.717) is 6.04 Å². The molecule has 0 spiro atoms. The van der Waals surface area contributed by atoms with Crippen LogP contribution in [0, 0.1) is 6.92 Å². The summed E-state index contributed by atoms with van der Waals surface area (Å²) in [5, 5.41) is 3.61. The average Bonchev–Trinajstić information content (AvgIpc) is 2.34. The van der Waals surface area contributed by atoms with Gasteiger partial charge in [0.25, 0.3) is 0 Å². The van der Waals surface area contributed by atoms with Crippen molar-refractivity contribution in [2.75, 3.05) is 34.3 Å². The molecular weight excluding hydrogens is 224 g/mol. The largest absolute Gasteiger partial charge is 0.497 e. The van der Waals surface area contributed by atoms with Crippen LogP contribution in [0.1, 0.15) is 30.5 Å². The highest BCUT2D eigenvalue weighted by Gasteiger charge is 2.14. The van der Waals surface area contributed by atoms with Crippen molar-refractivity contribution in [1.29, 1.82) is 0 Å². The monoisotopic (exact) mass is 250 g/mol. The van der Waals surface area contributed by atoms with E-state index in [1.54, 1.807) is 7.11 Å². The molecule has 0 saturated heterocycles. The molecule has 0 radical (unpaired) electrons. The topological polar surface area (TPSA) is 24.5 Å². The summed E-state index contributed by atoms with van der Waals surface area (Å²) in [6.45, 7) is 6.39. The van der Waals surface area contributed by atoms with Gasteiger partial charge in [0.05, 0.1) is 7.11 Å². The molecule has 0 amide bonds. The van der Waals surface area contributed by atoms with Gasteiger partial charge in [-0.3, -0.25) is 0 Å². The molecule has 0 bridgehead atoms. The Morgan fingerprint density at radius 3 is 2.56 bits per heavy atom. The number of aryl methyl sites for hydroxylation is 1. The van der Waals surface area contributed by atoms with Crippen molar-refractivity contribution in [3.05, 3.63) is 29.3 Å². The highest BCUT2D eigenvalue weighted by Crippen LogP contribution is 2.23. The molecule has 1 aromatic carbocycles. The summed E-state index contributed by atoms with van der Waals surface area (Å²) >= 11 is 0. The Hall–Kier alpha value is -1.06. The summed E-state index contributed by atoms with van der Waals surface area (Å²) < 4.78 is 5.26. The van der Waals surface area contributed by atoms with Gasteiger partial charge >= 0.3 is 0 Å². The standard InChI is InChI=1S/C15H26N2O/c1-6-9-16-15(11-17(3)4)14-8-7-13(18-5)10-12(14)2/h7-8,10,15-16H,6,9,11H2,1-5H3. The zero-order valence-electron chi connectivity index (χ0n) is 12.3. The number of hydrogen-bond acceptors (Lipinski definition) is 3. The lowest BCUT2D eigenvalue weighted by Crippen LogP contribution is -2.32. The van der Waals surface area contributed by atoms with Crippen LogP contribution in [0.5, 0.6) is 5.75 Å². The highest BCUT2D eigenvalue weighted by atomic mass is 16.5. The van der Waals surface area contributed by atoms with Gasteiger partial charge in [-0.1, -0.05) is 13.0 Å². The van der Waals surface area contributed by atoms with E-state index in [4.69, 9.17) is 4.74 Å². The van der Waals surface area contributed by atoms with Gasteiger partial charge in [0.1, 0.15) is 5.75 Å². The van der Waals surface area contributed by atoms with Crippen LogP contribution < -0.4 is 10.1 Å². The fraction of sp³-hybridized carbons (Fsp3) is 0.600. The molecule has 3 heteroatoms. The maximum Gasteiger partial charge on any atom is 0.119 e. The normalized spacial score (nSPS) is 12.8. The van der Waals surface area contributed by atoms with Crippen molar-refractivity contribution in [2.24, 2.45) is 0 Å². The smallest absolute Gasteiger partial charge is 0.119 e. The highest BCUT2D eigenvalue weighted by molar-refractivity contribution is 5.36. The minimum absolute atomic E-state index is 0.380. The summed E-state index contributed by atoms with van der Waals surface area (Å²) in [5.41, 5.74) is 2.64. The molecule has 1 N–H and O–H groups in total. The molecule has 102 valence electrons. The van der Waals surface area contributed by atoms with Gasteiger partial charge in [0.15, 0.2) is 0 Å². The van der Waals surface area contributed by atoms with Crippen molar-refractivity contribution in [2.45, 2.75) is 26.3 Å². The third-order valence-electron chi connectivity index (χ3n) is 3.04. The number of methoxy groups -OCH3 is 1. The number of ether oxygens (including phenoxy) is 1. The SMILES string of the molecule is CCCNC(CN(C)C)c1ccc(OC)cc1C. The zero-order valence-corrected chi connectivity index (χ0v) is 12.3. The first kappa shape index (κ1) is 15.0. The van der Waals surface area contributed by atoms with E-state index in [1.807, 2.05) is 6.07 Å². The molecule has 1 unspecified atom stereocenters. The van der Waals surface area contributed by atoms with Crippen molar-refractivity contribution in [1.82, 2.24) is 10.2 Å². The maximum absolute atomic E-state index is 5.26. The van der Waals surface area contributed by atoms with Gasteiger partial charge in [-0.25, -0.2) is 0 Å². The third kappa shape index (κ3) is 4.31. The number of hydrogen-bond donors (Lipinski definition) is 1. The van der Waals surface area contributed by atoms with Crippen LogP contribution in [0.3, 0.4) is 0 Å². The average molecular weight is 250 g/mol. The van der Waals surface area contributed by atoms with Gasteiger partial charge in [-0.15, -0.1) is 0 Å². The third-order valence-corrected chi connectivity index (χ3v) is 3.04. The number of rotatable bonds is 7. The van der Waals surface area contributed by atoms with Gasteiger partial charge in [0.2, 0.25) is 0 Å². The Kier molecular flexibility index (Phi) is 6.16. The maximum atomic E-state index is 5.26. The summed E-state index contributed by atoms with van der Waals surface area (Å²) in [5.74, 6) is 0.926. The van der Waals surface area contributed by atoms with E-state index in [2.05, 4.69) is 50.3 Å².